The number of hydrazone groups is 1. The number of nitrogens with zero attached hydrogens (tertiary/aromatic N) is 1. The largest absolute Gasteiger partial charge is 0.350 e. The Kier molecular flexibility index (Phi) is 5.25. The van der Waals surface area contributed by atoms with Crippen molar-refractivity contribution in [1.29, 1.82) is 0 Å². The molecule has 2 aromatic carbocycles. The van der Waals surface area contributed by atoms with E-state index in [0.29, 0.717) is 10.7 Å². The molecular weight excluding hydrogens is 306 g/mol. The predicted molar refractivity (Wildman–Crippen MR) is 86.9 cm³/mol. The Balaban J connectivity index is 2.33. The van der Waals surface area contributed by atoms with Crippen LogP contribution in [0.5, 0.6) is 0 Å². The summed E-state index contributed by atoms with van der Waals surface area (Å²) in [6, 6.07) is 14.8. The van der Waals surface area contributed by atoms with Gasteiger partial charge in [0.1, 0.15) is 0 Å². The molecule has 0 aromatic heterocycles. The molecule has 0 aliphatic heterocycles. The van der Waals surface area contributed by atoms with Crippen LogP contribution in [0.4, 0.5) is 4.79 Å². The molecule has 0 aliphatic carbocycles. The monoisotopic (exact) mass is 319 g/mol. The second-order valence-corrected chi connectivity index (χ2v) is 5.78. The van der Waals surface area contributed by atoms with E-state index in [1.54, 1.807) is 18.7 Å². The zero-order valence-electron chi connectivity index (χ0n) is 11.3. The van der Waals surface area contributed by atoms with Crippen molar-refractivity contribution in [2.24, 2.45) is 10.8 Å². The minimum Gasteiger partial charge on any atom is -0.350 e. The fourth-order valence-corrected chi connectivity index (χ4v) is 2.86. The lowest BCUT2D eigenvalue weighted by atomic mass is 10.1. The SMILES string of the molecule is C/C(=N\NC(N)=O)c1cc(Cl)ccc1Sc1ccccc1. The number of halogens is 1. The van der Waals surface area contributed by atoms with Gasteiger partial charge in [0.15, 0.2) is 0 Å². The molecule has 21 heavy (non-hydrogen) atoms. The molecule has 0 spiro atoms. The molecule has 0 heterocycles. The Labute approximate surface area is 132 Å². The summed E-state index contributed by atoms with van der Waals surface area (Å²) in [5.41, 5.74) is 8.74. The summed E-state index contributed by atoms with van der Waals surface area (Å²) in [6.07, 6.45) is 0. The van der Waals surface area contributed by atoms with Crippen LogP contribution < -0.4 is 11.2 Å². The maximum absolute atomic E-state index is 10.8. The van der Waals surface area contributed by atoms with E-state index < -0.39 is 6.03 Å². The molecule has 6 heteroatoms. The highest BCUT2D eigenvalue weighted by atomic mass is 35.5. The summed E-state index contributed by atoms with van der Waals surface area (Å²) in [5.74, 6) is 0. The van der Waals surface area contributed by atoms with E-state index in [9.17, 15) is 4.79 Å². The Morgan fingerprint density at radius 1 is 1.24 bits per heavy atom. The van der Waals surface area contributed by atoms with Crippen molar-refractivity contribution >= 4 is 35.1 Å². The molecule has 2 aromatic rings. The smallest absolute Gasteiger partial charge is 0.332 e. The minimum atomic E-state index is -0.700. The molecule has 2 amide bonds. The van der Waals surface area contributed by atoms with Crippen LogP contribution in [0.1, 0.15) is 12.5 Å². The number of nitrogens with one attached hydrogen (secondary N) is 1. The first-order chi connectivity index (χ1) is 10.1. The van der Waals surface area contributed by atoms with Gasteiger partial charge in [0.05, 0.1) is 5.71 Å². The zero-order valence-corrected chi connectivity index (χ0v) is 12.9. The third-order valence-electron chi connectivity index (χ3n) is 2.64. The summed E-state index contributed by atoms with van der Waals surface area (Å²) >= 11 is 7.65. The Morgan fingerprint density at radius 3 is 2.62 bits per heavy atom. The van der Waals surface area contributed by atoms with Gasteiger partial charge in [-0.1, -0.05) is 41.6 Å². The number of nitrogens with two attached hydrogens (primary N) is 1. The molecule has 0 atom stereocenters. The predicted octanol–water partition coefficient (Wildman–Crippen LogP) is 3.88. The molecule has 0 unspecified atom stereocenters. The van der Waals surface area contributed by atoms with Gasteiger partial charge in [-0.3, -0.25) is 0 Å². The van der Waals surface area contributed by atoms with Gasteiger partial charge in [-0.2, -0.15) is 5.10 Å². The van der Waals surface area contributed by atoms with Crippen LogP contribution in [-0.2, 0) is 0 Å². The van der Waals surface area contributed by atoms with Crippen molar-refractivity contribution in [3.63, 3.8) is 0 Å². The van der Waals surface area contributed by atoms with E-state index in [4.69, 9.17) is 17.3 Å². The summed E-state index contributed by atoms with van der Waals surface area (Å²) in [5, 5.41) is 4.56. The zero-order chi connectivity index (χ0) is 15.2. The minimum absolute atomic E-state index is 0.607. The number of amides is 2. The highest BCUT2D eigenvalue weighted by Gasteiger charge is 2.09. The van der Waals surface area contributed by atoms with Gasteiger partial charge in [-0.15, -0.1) is 0 Å². The fourth-order valence-electron chi connectivity index (χ4n) is 1.69. The standard InChI is InChI=1S/C15H14ClN3OS/c1-10(18-19-15(17)20)13-9-11(16)7-8-14(13)21-12-5-3-2-4-6-12/h2-9H,1H3,(H3,17,19,20)/b18-10+. The Morgan fingerprint density at radius 2 is 1.95 bits per heavy atom. The van der Waals surface area contributed by atoms with Gasteiger partial charge in [-0.25, -0.2) is 10.2 Å². The number of hydrogen-bond acceptors (Lipinski definition) is 3. The number of primary amides is 1. The van der Waals surface area contributed by atoms with Gasteiger partial charge < -0.3 is 5.73 Å². The van der Waals surface area contributed by atoms with Gasteiger partial charge >= 0.3 is 6.03 Å². The van der Waals surface area contributed by atoms with Gasteiger partial charge in [0.2, 0.25) is 0 Å². The molecule has 3 N–H and O–H groups in total. The lowest BCUT2D eigenvalue weighted by molar-refractivity contribution is 0.249. The molecule has 4 nitrogen and oxygen atoms in total. The molecule has 108 valence electrons. The summed E-state index contributed by atoms with van der Waals surface area (Å²) < 4.78 is 0. The first-order valence-electron chi connectivity index (χ1n) is 6.19. The van der Waals surface area contributed by atoms with Crippen molar-refractivity contribution in [3.05, 3.63) is 59.1 Å². The highest BCUT2D eigenvalue weighted by molar-refractivity contribution is 7.99. The van der Waals surface area contributed by atoms with E-state index in [1.807, 2.05) is 48.5 Å². The van der Waals surface area contributed by atoms with Crippen molar-refractivity contribution in [2.75, 3.05) is 0 Å². The molecule has 2 rings (SSSR count). The molecule has 0 aliphatic rings. The van der Waals surface area contributed by atoms with E-state index >= 15 is 0 Å². The van der Waals surface area contributed by atoms with Crippen LogP contribution in [0.25, 0.3) is 0 Å². The van der Waals surface area contributed by atoms with E-state index in [-0.39, 0.29) is 0 Å². The number of hydrogen-bond donors (Lipinski definition) is 2. The summed E-state index contributed by atoms with van der Waals surface area (Å²) in [7, 11) is 0. The fraction of sp³-hybridized carbons (Fsp3) is 0.0667. The molecule has 0 saturated heterocycles. The van der Waals surface area contributed by atoms with Crippen molar-refractivity contribution in [3.8, 4) is 0 Å². The number of carbonyl (C=O) groups is 1. The van der Waals surface area contributed by atoms with Crippen LogP contribution in [0.2, 0.25) is 5.02 Å². The number of rotatable bonds is 4. The molecular formula is C15H14ClN3OS. The molecule has 0 fully saturated rings. The van der Waals surface area contributed by atoms with Crippen LogP contribution in [0, 0.1) is 0 Å². The van der Waals surface area contributed by atoms with Gasteiger partial charge in [-0.05, 0) is 37.3 Å². The third kappa shape index (κ3) is 4.51. The lowest BCUT2D eigenvalue weighted by Crippen LogP contribution is -2.25. The van der Waals surface area contributed by atoms with Crippen LogP contribution >= 0.6 is 23.4 Å². The average molecular weight is 320 g/mol. The normalized spacial score (nSPS) is 11.2. The summed E-state index contributed by atoms with van der Waals surface area (Å²) in [6.45, 7) is 1.79. The number of urea groups is 1. The molecule has 0 bridgehead atoms. The van der Waals surface area contributed by atoms with E-state index in [1.165, 1.54) is 0 Å². The van der Waals surface area contributed by atoms with Crippen LogP contribution in [0.3, 0.4) is 0 Å². The molecule has 0 saturated carbocycles. The van der Waals surface area contributed by atoms with Crippen molar-refractivity contribution in [1.82, 2.24) is 5.43 Å². The Bertz CT molecular complexity index is 674. The van der Waals surface area contributed by atoms with E-state index in [0.717, 1.165) is 15.4 Å². The second-order valence-electron chi connectivity index (χ2n) is 4.23. The van der Waals surface area contributed by atoms with Crippen LogP contribution in [0.15, 0.2) is 63.4 Å². The first-order valence-corrected chi connectivity index (χ1v) is 7.38. The van der Waals surface area contributed by atoms with Crippen molar-refractivity contribution in [2.45, 2.75) is 16.7 Å². The maximum Gasteiger partial charge on any atom is 0.332 e. The number of benzene rings is 2. The number of carbonyl (C=O) groups excluding carboxylic acids is 1. The third-order valence-corrected chi connectivity index (χ3v) is 3.96. The second kappa shape index (κ2) is 7.15. The summed E-state index contributed by atoms with van der Waals surface area (Å²) in [4.78, 5) is 12.9. The average Bonchev–Trinajstić information content (AvgIpc) is 2.47. The highest BCUT2D eigenvalue weighted by Crippen LogP contribution is 2.32. The Hall–Kier alpha value is -1.98. The van der Waals surface area contributed by atoms with Gasteiger partial charge in [0.25, 0.3) is 0 Å². The van der Waals surface area contributed by atoms with Crippen LogP contribution in [-0.4, -0.2) is 11.7 Å². The first kappa shape index (κ1) is 15.4. The quantitative estimate of drug-likeness (QED) is 0.663. The topological polar surface area (TPSA) is 67.5 Å². The van der Waals surface area contributed by atoms with Gasteiger partial charge in [0, 0.05) is 20.4 Å². The lowest BCUT2D eigenvalue weighted by Gasteiger charge is -2.09. The molecule has 0 radical (unpaired) electrons. The maximum atomic E-state index is 10.8. The van der Waals surface area contributed by atoms with Crippen molar-refractivity contribution < 1.29 is 4.79 Å². The van der Waals surface area contributed by atoms with E-state index in [2.05, 4.69) is 10.5 Å².